The van der Waals surface area contributed by atoms with Gasteiger partial charge in [0.2, 0.25) is 17.7 Å². The highest BCUT2D eigenvalue weighted by Gasteiger charge is 2.61. The van der Waals surface area contributed by atoms with Crippen molar-refractivity contribution in [1.82, 2.24) is 20.4 Å². The summed E-state index contributed by atoms with van der Waals surface area (Å²) in [5.74, 6) is -4.69. The van der Waals surface area contributed by atoms with E-state index in [4.69, 9.17) is 4.74 Å². The van der Waals surface area contributed by atoms with Gasteiger partial charge in [-0.05, 0) is 37.3 Å². The lowest BCUT2D eigenvalue weighted by molar-refractivity contribution is -0.147. The van der Waals surface area contributed by atoms with E-state index >= 15 is 0 Å². The lowest BCUT2D eigenvalue weighted by Gasteiger charge is -2.29. The summed E-state index contributed by atoms with van der Waals surface area (Å²) >= 11 is 0. The number of halogens is 4. The molecule has 15 heteroatoms. The van der Waals surface area contributed by atoms with E-state index in [0.717, 1.165) is 4.90 Å². The van der Waals surface area contributed by atoms with Gasteiger partial charge in [0.05, 0.1) is 19.5 Å². The third kappa shape index (κ3) is 7.44. The maximum Gasteiger partial charge on any atom is 0.410 e. The van der Waals surface area contributed by atoms with Crippen molar-refractivity contribution in [3.05, 3.63) is 47.3 Å². The molecule has 5 atom stereocenters. The summed E-state index contributed by atoms with van der Waals surface area (Å²) in [6.45, 7) is -0.231. The first-order chi connectivity index (χ1) is 21.8. The molecular weight excluding hydrogens is 616 g/mol. The molecule has 46 heavy (non-hydrogen) atoms. The number of carbonyl (C=O) groups is 5. The van der Waals surface area contributed by atoms with Crippen LogP contribution in [-0.2, 0) is 37.0 Å². The van der Waals surface area contributed by atoms with Crippen molar-refractivity contribution >= 4 is 29.8 Å². The molecule has 5 rings (SSSR count). The number of alkyl halides is 3. The second-order valence-corrected chi connectivity index (χ2v) is 12.4. The minimum atomic E-state index is -4.57. The van der Waals surface area contributed by atoms with E-state index in [-0.39, 0.29) is 38.9 Å². The maximum atomic E-state index is 14.3. The summed E-state index contributed by atoms with van der Waals surface area (Å²) in [4.78, 5) is 67.8. The topological polar surface area (TPSA) is 145 Å². The smallest absolute Gasteiger partial charge is 0.410 e. The fourth-order valence-electron chi connectivity index (χ4n) is 6.40. The maximum absolute atomic E-state index is 14.3. The molecule has 0 unspecified atom stereocenters. The number of hydrogen-bond acceptors (Lipinski definition) is 6. The second kappa shape index (κ2) is 13.3. The molecule has 2 fully saturated rings. The lowest BCUT2D eigenvalue weighted by atomic mass is 10.0. The SMILES string of the molecule is O=C(CCC(F)(F)F)N[C@H]1CCCCC/C=C\[C@@H]2C[C@@]2(C(=O)O)NC(=O)[C@@H]2C[C@@H](OC(=O)N3Cc4cccc(F)c4C3)CN2C1=O. The average molecular weight is 653 g/mol. The monoisotopic (exact) mass is 652 g/mol. The largest absolute Gasteiger partial charge is 0.479 e. The molecule has 0 spiro atoms. The molecule has 11 nitrogen and oxygen atoms in total. The van der Waals surface area contributed by atoms with Crippen LogP contribution in [0.4, 0.5) is 22.4 Å². The van der Waals surface area contributed by atoms with Gasteiger partial charge in [0, 0.05) is 30.9 Å². The molecule has 1 aliphatic carbocycles. The van der Waals surface area contributed by atoms with Crippen LogP contribution in [0.25, 0.3) is 0 Å². The van der Waals surface area contributed by atoms with Crippen molar-refractivity contribution < 1.29 is 51.4 Å². The number of hydrogen-bond donors (Lipinski definition) is 3. The van der Waals surface area contributed by atoms with Crippen LogP contribution in [-0.4, -0.2) is 81.1 Å². The zero-order valence-corrected chi connectivity index (χ0v) is 25.0. The lowest BCUT2D eigenvalue weighted by Crippen LogP contribution is -2.56. The van der Waals surface area contributed by atoms with Gasteiger partial charge < -0.3 is 25.4 Å². The van der Waals surface area contributed by atoms with Gasteiger partial charge in [0.15, 0.2) is 0 Å². The Balaban J connectivity index is 1.36. The molecule has 0 bridgehead atoms. The predicted octanol–water partition coefficient (Wildman–Crippen LogP) is 3.55. The molecule has 1 saturated carbocycles. The highest BCUT2D eigenvalue weighted by atomic mass is 19.4. The molecule has 1 saturated heterocycles. The number of carboxylic acid groups (broad SMARTS) is 1. The van der Waals surface area contributed by atoms with Gasteiger partial charge in [0.25, 0.3) is 0 Å². The van der Waals surface area contributed by atoms with Crippen LogP contribution in [0.15, 0.2) is 30.4 Å². The number of amides is 4. The molecule has 250 valence electrons. The van der Waals surface area contributed by atoms with Crippen LogP contribution < -0.4 is 10.6 Å². The Morgan fingerprint density at radius 2 is 1.91 bits per heavy atom. The Hall–Kier alpha value is -4.17. The number of rotatable bonds is 5. The third-order valence-electron chi connectivity index (χ3n) is 9.04. The van der Waals surface area contributed by atoms with Gasteiger partial charge in [-0.15, -0.1) is 0 Å². The number of nitrogens with zero attached hydrogens (tertiary/aromatic N) is 2. The number of allylic oxidation sites excluding steroid dienone is 1. The van der Waals surface area contributed by atoms with Crippen molar-refractivity contribution in [2.24, 2.45) is 5.92 Å². The minimum Gasteiger partial charge on any atom is -0.479 e. The van der Waals surface area contributed by atoms with E-state index in [1.807, 2.05) is 6.08 Å². The molecule has 4 aliphatic rings. The van der Waals surface area contributed by atoms with Crippen LogP contribution in [0.1, 0.15) is 68.9 Å². The summed E-state index contributed by atoms with van der Waals surface area (Å²) < 4.78 is 58.2. The molecule has 3 N–H and O–H groups in total. The molecule has 3 aliphatic heterocycles. The van der Waals surface area contributed by atoms with Crippen LogP contribution in [0.2, 0.25) is 0 Å². The van der Waals surface area contributed by atoms with Gasteiger partial charge in [0.1, 0.15) is 29.5 Å². The molecule has 0 aromatic heterocycles. The Kier molecular flexibility index (Phi) is 9.59. The predicted molar refractivity (Wildman–Crippen MR) is 152 cm³/mol. The van der Waals surface area contributed by atoms with Crippen molar-refractivity contribution in [3.63, 3.8) is 0 Å². The number of benzene rings is 1. The average Bonchev–Trinajstić information content (AvgIpc) is 3.30. The van der Waals surface area contributed by atoms with Gasteiger partial charge in [-0.25, -0.2) is 14.0 Å². The van der Waals surface area contributed by atoms with E-state index in [2.05, 4.69) is 10.6 Å². The normalized spacial score (nSPS) is 29.0. The first-order valence-corrected chi connectivity index (χ1v) is 15.4. The molecule has 4 amide bonds. The Bertz CT molecular complexity index is 1420. The zero-order valence-electron chi connectivity index (χ0n) is 25.0. The van der Waals surface area contributed by atoms with Gasteiger partial charge >= 0.3 is 18.2 Å². The Morgan fingerprint density at radius 3 is 2.63 bits per heavy atom. The van der Waals surface area contributed by atoms with E-state index in [1.165, 1.54) is 17.0 Å². The summed E-state index contributed by atoms with van der Waals surface area (Å²) in [5, 5.41) is 15.0. The summed E-state index contributed by atoms with van der Waals surface area (Å²) in [7, 11) is 0. The first kappa shape index (κ1) is 33.2. The molecule has 3 heterocycles. The van der Waals surface area contributed by atoms with Crippen LogP contribution >= 0.6 is 0 Å². The number of fused-ring (bicyclic) bond motifs is 3. The zero-order chi connectivity index (χ0) is 33.2. The van der Waals surface area contributed by atoms with Gasteiger partial charge in [-0.1, -0.05) is 37.1 Å². The Morgan fingerprint density at radius 1 is 1.13 bits per heavy atom. The van der Waals surface area contributed by atoms with Gasteiger partial charge in [-0.2, -0.15) is 13.2 Å². The first-order valence-electron chi connectivity index (χ1n) is 15.4. The number of ether oxygens (including phenoxy) is 1. The third-order valence-corrected chi connectivity index (χ3v) is 9.04. The Labute approximate surface area is 262 Å². The van der Waals surface area contributed by atoms with Crippen molar-refractivity contribution in [2.45, 2.75) is 101 Å². The highest BCUT2D eigenvalue weighted by molar-refractivity contribution is 5.96. The fourth-order valence-corrected chi connectivity index (χ4v) is 6.40. The van der Waals surface area contributed by atoms with E-state index in [0.29, 0.717) is 36.8 Å². The standard InChI is InChI=1S/C31H36F4N4O7/c32-22-9-6-7-18-15-38(17-21(18)22)29(45)46-20-13-24-26(41)37-30(28(43)44)14-19(30)8-4-2-1-3-5-10-23(27(42)39(24)16-20)36-25(40)11-12-31(33,34)35/h4,6-9,19-20,23-24H,1-3,5,10-17H2,(H,36,40)(H,37,41)(H,43,44)/b8-4-/t19-,20-,23+,24+,30-/m1/s1. The van der Waals surface area contributed by atoms with Gasteiger partial charge in [-0.3, -0.25) is 19.3 Å². The molecule has 0 radical (unpaired) electrons. The van der Waals surface area contributed by atoms with Crippen LogP contribution in [0.3, 0.4) is 0 Å². The molecular formula is C31H36F4N4O7. The highest BCUT2D eigenvalue weighted by Crippen LogP contribution is 2.45. The summed E-state index contributed by atoms with van der Waals surface area (Å²) in [5.41, 5.74) is -0.612. The number of aliphatic carboxylic acids is 1. The minimum absolute atomic E-state index is 0.0395. The quantitative estimate of drug-likeness (QED) is 0.326. The number of carbonyl (C=O) groups excluding carboxylic acids is 4. The molecule has 1 aromatic carbocycles. The summed E-state index contributed by atoms with van der Waals surface area (Å²) in [6.07, 6.45) is -2.64. The fraction of sp³-hybridized carbons (Fsp3) is 0.581. The number of nitrogens with one attached hydrogen (secondary N) is 2. The van der Waals surface area contributed by atoms with Crippen LogP contribution in [0, 0.1) is 11.7 Å². The van der Waals surface area contributed by atoms with E-state index < -0.39 is 84.3 Å². The summed E-state index contributed by atoms with van der Waals surface area (Å²) in [6, 6.07) is 1.94. The van der Waals surface area contributed by atoms with Crippen molar-refractivity contribution in [3.8, 4) is 0 Å². The second-order valence-electron chi connectivity index (χ2n) is 12.4. The van der Waals surface area contributed by atoms with Crippen molar-refractivity contribution in [1.29, 1.82) is 0 Å². The van der Waals surface area contributed by atoms with Crippen LogP contribution in [0.5, 0.6) is 0 Å². The van der Waals surface area contributed by atoms with E-state index in [9.17, 15) is 46.6 Å². The number of carboxylic acids is 1. The van der Waals surface area contributed by atoms with Crippen molar-refractivity contribution in [2.75, 3.05) is 6.54 Å². The molecule has 1 aromatic rings. The van der Waals surface area contributed by atoms with E-state index in [1.54, 1.807) is 12.1 Å².